The molecule has 3 atom stereocenters. The maximum absolute atomic E-state index is 13.1. The molecule has 4 heteroatoms. The van der Waals surface area contributed by atoms with Gasteiger partial charge in [0.05, 0.1) is 17.0 Å². The molecule has 4 N–H and O–H groups in total. The Balaban J connectivity index is 1.52. The van der Waals surface area contributed by atoms with Crippen molar-refractivity contribution in [3.63, 3.8) is 0 Å². The lowest BCUT2D eigenvalue weighted by molar-refractivity contribution is -0.0497. The second-order valence-corrected chi connectivity index (χ2v) is 10.6. The molecule has 0 heterocycles. The average molecular weight is 469 g/mol. The predicted molar refractivity (Wildman–Crippen MR) is 143 cm³/mol. The van der Waals surface area contributed by atoms with E-state index in [1.807, 2.05) is 24.3 Å². The van der Waals surface area contributed by atoms with Crippen LogP contribution in [0.2, 0.25) is 0 Å². The van der Waals surface area contributed by atoms with Crippen molar-refractivity contribution in [2.75, 3.05) is 11.1 Å². The van der Waals surface area contributed by atoms with Crippen LogP contribution in [0.5, 0.6) is 0 Å². The molecule has 0 saturated heterocycles. The van der Waals surface area contributed by atoms with E-state index < -0.39 is 5.60 Å². The summed E-state index contributed by atoms with van der Waals surface area (Å²) in [4.78, 5) is 13.1. The number of hydrogen-bond donors (Lipinski definition) is 3. The maximum atomic E-state index is 13.1. The number of nitrogens with one attached hydrogen (secondary N) is 1. The molecule has 35 heavy (non-hydrogen) atoms. The van der Waals surface area contributed by atoms with Crippen molar-refractivity contribution in [3.05, 3.63) is 95.1 Å². The summed E-state index contributed by atoms with van der Waals surface area (Å²) >= 11 is 0. The first-order chi connectivity index (χ1) is 16.9. The van der Waals surface area contributed by atoms with Gasteiger partial charge in [-0.1, -0.05) is 55.5 Å². The van der Waals surface area contributed by atoms with Crippen molar-refractivity contribution in [1.29, 1.82) is 0 Å². The van der Waals surface area contributed by atoms with Gasteiger partial charge in [0.15, 0.2) is 0 Å². The number of carbonyl (C=O) groups is 1. The lowest BCUT2D eigenvalue weighted by Gasteiger charge is -2.50. The lowest BCUT2D eigenvalue weighted by atomic mass is 9.55. The van der Waals surface area contributed by atoms with E-state index in [4.69, 9.17) is 5.73 Å². The number of nitrogens with two attached hydrogens (primary N) is 1. The van der Waals surface area contributed by atoms with Gasteiger partial charge in [-0.15, -0.1) is 0 Å². The highest BCUT2D eigenvalue weighted by atomic mass is 16.3. The summed E-state index contributed by atoms with van der Waals surface area (Å²) in [6, 6.07) is 24.4. The van der Waals surface area contributed by atoms with Crippen LogP contribution in [-0.4, -0.2) is 16.6 Å². The highest BCUT2D eigenvalue weighted by Gasteiger charge is 2.50. The standard InChI is InChI=1S/C31H36N2O2/c1-2-30(35)17-18-31(20-22-9-4-3-5-10-22)25(21-30)12-8-11-23-19-24(15-16-26(23)31)29(34)33-28-14-7-6-13-27(28)32/h3-7,9-10,13-16,19,25,35H,2,8,11-12,17-18,20-21,32H2,1H3,(H,33,34)/t25-,30+,31-/m1/s1. The first kappa shape index (κ1) is 23.6. The molecule has 5 rings (SSSR count). The first-order valence-corrected chi connectivity index (χ1v) is 13.0. The average Bonchev–Trinajstić information content (AvgIpc) is 3.02. The fourth-order valence-electron chi connectivity index (χ4n) is 6.53. The molecule has 2 aliphatic rings. The van der Waals surface area contributed by atoms with Gasteiger partial charge in [-0.2, -0.15) is 0 Å². The summed E-state index contributed by atoms with van der Waals surface area (Å²) in [6.45, 7) is 2.11. The predicted octanol–water partition coefficient (Wildman–Crippen LogP) is 6.28. The minimum Gasteiger partial charge on any atom is -0.397 e. The maximum Gasteiger partial charge on any atom is 0.255 e. The summed E-state index contributed by atoms with van der Waals surface area (Å²) in [5.41, 5.74) is 11.3. The van der Waals surface area contributed by atoms with Crippen molar-refractivity contribution in [1.82, 2.24) is 0 Å². The fourth-order valence-corrected chi connectivity index (χ4v) is 6.53. The van der Waals surface area contributed by atoms with Gasteiger partial charge in [0.25, 0.3) is 5.91 Å². The van der Waals surface area contributed by atoms with E-state index in [0.717, 1.165) is 51.4 Å². The zero-order chi connectivity index (χ0) is 24.5. The molecule has 0 radical (unpaired) electrons. The molecule has 1 fully saturated rings. The summed E-state index contributed by atoms with van der Waals surface area (Å²) in [5.74, 6) is 0.291. The Morgan fingerprint density at radius 2 is 1.83 bits per heavy atom. The fraction of sp³-hybridized carbons (Fsp3) is 0.387. The molecule has 3 aromatic rings. The van der Waals surface area contributed by atoms with Crippen LogP contribution < -0.4 is 11.1 Å². The number of fused-ring (bicyclic) bond motifs is 3. The summed E-state index contributed by atoms with van der Waals surface area (Å²) in [6.07, 6.45) is 7.55. The second kappa shape index (κ2) is 9.50. The van der Waals surface area contributed by atoms with E-state index in [1.54, 1.807) is 6.07 Å². The van der Waals surface area contributed by atoms with Crippen molar-refractivity contribution in [3.8, 4) is 0 Å². The van der Waals surface area contributed by atoms with E-state index in [0.29, 0.717) is 22.9 Å². The lowest BCUT2D eigenvalue weighted by Crippen LogP contribution is -2.48. The monoisotopic (exact) mass is 468 g/mol. The van der Waals surface area contributed by atoms with Crippen LogP contribution in [0.1, 0.15) is 72.5 Å². The minimum atomic E-state index is -0.565. The van der Waals surface area contributed by atoms with Crippen LogP contribution in [0.25, 0.3) is 0 Å². The zero-order valence-electron chi connectivity index (χ0n) is 20.6. The normalized spacial score (nSPS) is 25.7. The van der Waals surface area contributed by atoms with E-state index in [2.05, 4.69) is 54.7 Å². The summed E-state index contributed by atoms with van der Waals surface area (Å²) in [7, 11) is 0. The molecule has 0 spiro atoms. The van der Waals surface area contributed by atoms with Crippen molar-refractivity contribution >= 4 is 17.3 Å². The van der Waals surface area contributed by atoms with Gasteiger partial charge in [-0.05, 0) is 98.2 Å². The summed E-state index contributed by atoms with van der Waals surface area (Å²) < 4.78 is 0. The molecule has 3 aromatic carbocycles. The molecule has 182 valence electrons. The third-order valence-corrected chi connectivity index (χ3v) is 8.58. The SMILES string of the molecule is CC[C@]1(O)CC[C@]2(Cc3ccccc3)c3ccc(C(=O)Nc4ccccc4N)cc3CCC[C@@H]2C1. The third kappa shape index (κ3) is 4.60. The van der Waals surface area contributed by atoms with Gasteiger partial charge >= 0.3 is 0 Å². The van der Waals surface area contributed by atoms with Gasteiger partial charge in [0, 0.05) is 11.0 Å². The number of aryl methyl sites for hydroxylation is 1. The summed E-state index contributed by atoms with van der Waals surface area (Å²) in [5, 5.41) is 14.2. The highest BCUT2D eigenvalue weighted by molar-refractivity contribution is 6.05. The molecule has 1 amide bonds. The molecule has 1 saturated carbocycles. The molecule has 2 aliphatic carbocycles. The number of anilines is 2. The van der Waals surface area contributed by atoms with Crippen LogP contribution in [0, 0.1) is 5.92 Å². The van der Waals surface area contributed by atoms with Crippen LogP contribution in [0.15, 0.2) is 72.8 Å². The second-order valence-electron chi connectivity index (χ2n) is 10.6. The Morgan fingerprint density at radius 1 is 1.06 bits per heavy atom. The molecular weight excluding hydrogens is 432 g/mol. The van der Waals surface area contributed by atoms with E-state index in [9.17, 15) is 9.90 Å². The largest absolute Gasteiger partial charge is 0.397 e. The smallest absolute Gasteiger partial charge is 0.255 e. The van der Waals surface area contributed by atoms with E-state index in [1.165, 1.54) is 16.7 Å². The first-order valence-electron chi connectivity index (χ1n) is 13.0. The Kier molecular flexibility index (Phi) is 6.41. The number of carbonyl (C=O) groups excluding carboxylic acids is 1. The minimum absolute atomic E-state index is 0.0204. The van der Waals surface area contributed by atoms with Gasteiger partial charge in [0.1, 0.15) is 0 Å². The van der Waals surface area contributed by atoms with Crippen molar-refractivity contribution < 1.29 is 9.90 Å². The Hall–Kier alpha value is -3.11. The van der Waals surface area contributed by atoms with Gasteiger partial charge < -0.3 is 16.2 Å². The Bertz CT molecular complexity index is 1210. The number of para-hydroxylation sites is 2. The van der Waals surface area contributed by atoms with E-state index >= 15 is 0 Å². The molecule has 0 unspecified atom stereocenters. The number of amides is 1. The number of hydrogen-bond acceptors (Lipinski definition) is 3. The van der Waals surface area contributed by atoms with Crippen LogP contribution in [0.4, 0.5) is 11.4 Å². The molecular formula is C31H36N2O2. The molecule has 0 bridgehead atoms. The van der Waals surface area contributed by atoms with Gasteiger partial charge in [-0.25, -0.2) is 0 Å². The van der Waals surface area contributed by atoms with Crippen LogP contribution in [-0.2, 0) is 18.3 Å². The number of benzene rings is 3. The Morgan fingerprint density at radius 3 is 2.60 bits per heavy atom. The zero-order valence-corrected chi connectivity index (χ0v) is 20.6. The molecule has 0 aliphatic heterocycles. The quantitative estimate of drug-likeness (QED) is 0.386. The number of rotatable bonds is 5. The van der Waals surface area contributed by atoms with Crippen molar-refractivity contribution in [2.45, 2.75) is 69.3 Å². The highest BCUT2D eigenvalue weighted by Crippen LogP contribution is 2.54. The van der Waals surface area contributed by atoms with Gasteiger partial charge in [-0.3, -0.25) is 4.79 Å². The van der Waals surface area contributed by atoms with Crippen LogP contribution in [0.3, 0.4) is 0 Å². The molecule has 0 aromatic heterocycles. The van der Waals surface area contributed by atoms with Gasteiger partial charge in [0.2, 0.25) is 0 Å². The van der Waals surface area contributed by atoms with Crippen LogP contribution >= 0.6 is 0 Å². The van der Waals surface area contributed by atoms with Crippen molar-refractivity contribution in [2.24, 2.45) is 5.92 Å². The Labute approximate surface area is 208 Å². The topological polar surface area (TPSA) is 75.3 Å². The number of aliphatic hydroxyl groups is 1. The van der Waals surface area contributed by atoms with E-state index in [-0.39, 0.29) is 11.3 Å². The number of nitrogen functional groups attached to an aromatic ring is 1. The third-order valence-electron chi connectivity index (χ3n) is 8.58. The molecule has 4 nitrogen and oxygen atoms in total.